The monoisotopic (exact) mass is 287 g/mol. The van der Waals surface area contributed by atoms with E-state index in [9.17, 15) is 4.79 Å². The SMILES string of the molecule is CCCC1CCCCN1Cc1ccccc1/C=C/C(=O)O. The molecule has 1 unspecified atom stereocenters. The molecule has 1 fully saturated rings. The summed E-state index contributed by atoms with van der Waals surface area (Å²) in [7, 11) is 0. The summed E-state index contributed by atoms with van der Waals surface area (Å²) in [4.78, 5) is 13.3. The van der Waals surface area contributed by atoms with Crippen LogP contribution in [0.3, 0.4) is 0 Å². The first-order valence-corrected chi connectivity index (χ1v) is 7.93. The molecule has 3 nitrogen and oxygen atoms in total. The maximum atomic E-state index is 10.7. The molecule has 1 aromatic rings. The molecule has 0 radical (unpaired) electrons. The van der Waals surface area contributed by atoms with E-state index < -0.39 is 5.97 Å². The minimum atomic E-state index is -0.897. The maximum absolute atomic E-state index is 10.7. The Morgan fingerprint density at radius 3 is 2.95 bits per heavy atom. The highest BCUT2D eigenvalue weighted by molar-refractivity contribution is 5.85. The summed E-state index contributed by atoms with van der Waals surface area (Å²) in [6.07, 6.45) is 9.31. The smallest absolute Gasteiger partial charge is 0.328 e. The normalized spacial score (nSPS) is 20.0. The number of carboxylic acids is 1. The maximum Gasteiger partial charge on any atom is 0.328 e. The molecular weight excluding hydrogens is 262 g/mol. The molecule has 0 amide bonds. The van der Waals surface area contributed by atoms with Crippen molar-refractivity contribution in [2.75, 3.05) is 6.54 Å². The summed E-state index contributed by atoms with van der Waals surface area (Å²) in [5.74, 6) is -0.897. The van der Waals surface area contributed by atoms with E-state index in [0.29, 0.717) is 6.04 Å². The van der Waals surface area contributed by atoms with Crippen LogP contribution in [-0.2, 0) is 11.3 Å². The third-order valence-corrected chi connectivity index (χ3v) is 4.20. The summed E-state index contributed by atoms with van der Waals surface area (Å²) in [6.45, 7) is 4.32. The molecule has 21 heavy (non-hydrogen) atoms. The van der Waals surface area contributed by atoms with Gasteiger partial charge in [0.1, 0.15) is 0 Å². The Morgan fingerprint density at radius 1 is 1.38 bits per heavy atom. The van der Waals surface area contributed by atoms with Crippen molar-refractivity contribution in [2.24, 2.45) is 0 Å². The van der Waals surface area contributed by atoms with Crippen LogP contribution >= 0.6 is 0 Å². The summed E-state index contributed by atoms with van der Waals surface area (Å²) in [6, 6.07) is 8.78. The second-order valence-electron chi connectivity index (χ2n) is 5.78. The number of piperidine rings is 1. The largest absolute Gasteiger partial charge is 0.478 e. The Hall–Kier alpha value is -1.61. The van der Waals surface area contributed by atoms with E-state index in [-0.39, 0.29) is 0 Å². The fraction of sp³-hybridized carbons (Fsp3) is 0.500. The van der Waals surface area contributed by atoms with Crippen LogP contribution in [0.4, 0.5) is 0 Å². The lowest BCUT2D eigenvalue weighted by Crippen LogP contribution is -2.38. The zero-order valence-corrected chi connectivity index (χ0v) is 12.8. The lowest BCUT2D eigenvalue weighted by atomic mass is 9.96. The zero-order chi connectivity index (χ0) is 15.1. The van der Waals surface area contributed by atoms with Gasteiger partial charge in [0.25, 0.3) is 0 Å². The molecule has 1 N–H and O–H groups in total. The Morgan fingerprint density at radius 2 is 2.19 bits per heavy atom. The lowest BCUT2D eigenvalue weighted by molar-refractivity contribution is -0.131. The molecule has 0 saturated carbocycles. The van der Waals surface area contributed by atoms with Gasteiger partial charge in [-0.15, -0.1) is 0 Å². The van der Waals surface area contributed by atoms with Gasteiger partial charge in [-0.2, -0.15) is 0 Å². The highest BCUT2D eigenvalue weighted by Gasteiger charge is 2.21. The molecular formula is C18H25NO2. The first-order valence-electron chi connectivity index (χ1n) is 7.93. The first kappa shape index (κ1) is 15.8. The van der Waals surface area contributed by atoms with Crippen molar-refractivity contribution in [2.45, 2.75) is 51.6 Å². The molecule has 0 aliphatic carbocycles. The standard InChI is InChI=1S/C18H25NO2/c1-2-7-17-10-5-6-13-19(17)14-16-9-4-3-8-15(16)11-12-18(20)21/h3-4,8-9,11-12,17H,2,5-7,10,13-14H2,1H3,(H,20,21)/b12-11+. The highest BCUT2D eigenvalue weighted by Crippen LogP contribution is 2.24. The number of carbonyl (C=O) groups is 1. The van der Waals surface area contributed by atoms with Crippen molar-refractivity contribution in [1.29, 1.82) is 0 Å². The van der Waals surface area contributed by atoms with E-state index in [2.05, 4.69) is 17.9 Å². The van der Waals surface area contributed by atoms with Crippen LogP contribution in [0.2, 0.25) is 0 Å². The van der Waals surface area contributed by atoms with Crippen LogP contribution < -0.4 is 0 Å². The lowest BCUT2D eigenvalue weighted by Gasteiger charge is -2.36. The summed E-state index contributed by atoms with van der Waals surface area (Å²) >= 11 is 0. The molecule has 1 aromatic carbocycles. The average molecular weight is 287 g/mol. The molecule has 1 aliphatic heterocycles. The number of benzene rings is 1. The molecule has 1 aliphatic rings. The topological polar surface area (TPSA) is 40.5 Å². The van der Waals surface area contributed by atoms with Crippen molar-refractivity contribution in [1.82, 2.24) is 4.90 Å². The number of hydrogen-bond acceptors (Lipinski definition) is 2. The predicted octanol–water partition coefficient (Wildman–Crippen LogP) is 3.94. The molecule has 0 spiro atoms. The zero-order valence-electron chi connectivity index (χ0n) is 12.8. The molecule has 3 heteroatoms. The molecule has 114 valence electrons. The molecule has 1 heterocycles. The number of rotatable bonds is 6. The third-order valence-electron chi connectivity index (χ3n) is 4.20. The average Bonchev–Trinajstić information content (AvgIpc) is 2.48. The van der Waals surface area contributed by atoms with Crippen LogP contribution in [-0.4, -0.2) is 28.6 Å². The number of aliphatic carboxylic acids is 1. The fourth-order valence-corrected chi connectivity index (χ4v) is 3.15. The second kappa shape index (κ2) is 7.99. The van der Waals surface area contributed by atoms with Crippen LogP contribution in [0.5, 0.6) is 0 Å². The second-order valence-corrected chi connectivity index (χ2v) is 5.78. The Kier molecular flexibility index (Phi) is 6.00. The Bertz CT molecular complexity index is 494. The highest BCUT2D eigenvalue weighted by atomic mass is 16.4. The Labute approximate surface area is 127 Å². The minimum Gasteiger partial charge on any atom is -0.478 e. The van der Waals surface area contributed by atoms with Gasteiger partial charge in [0.15, 0.2) is 0 Å². The van der Waals surface area contributed by atoms with Crippen molar-refractivity contribution in [3.63, 3.8) is 0 Å². The minimum absolute atomic E-state index is 0.681. The van der Waals surface area contributed by atoms with Crippen LogP contribution in [0, 0.1) is 0 Å². The fourth-order valence-electron chi connectivity index (χ4n) is 3.15. The summed E-state index contributed by atoms with van der Waals surface area (Å²) in [5, 5.41) is 8.80. The van der Waals surface area contributed by atoms with Crippen molar-refractivity contribution in [3.8, 4) is 0 Å². The molecule has 0 aromatic heterocycles. The van der Waals surface area contributed by atoms with E-state index >= 15 is 0 Å². The van der Waals surface area contributed by atoms with Gasteiger partial charge < -0.3 is 5.11 Å². The van der Waals surface area contributed by atoms with Gasteiger partial charge in [0, 0.05) is 18.7 Å². The molecule has 1 saturated heterocycles. The van der Waals surface area contributed by atoms with Gasteiger partial charge in [0.2, 0.25) is 0 Å². The van der Waals surface area contributed by atoms with E-state index in [4.69, 9.17) is 5.11 Å². The van der Waals surface area contributed by atoms with Gasteiger partial charge in [-0.25, -0.2) is 4.79 Å². The van der Waals surface area contributed by atoms with Gasteiger partial charge in [-0.1, -0.05) is 44.0 Å². The van der Waals surface area contributed by atoms with E-state index in [1.54, 1.807) is 6.08 Å². The predicted molar refractivity (Wildman–Crippen MR) is 86.1 cm³/mol. The van der Waals surface area contributed by atoms with Gasteiger partial charge in [-0.05, 0) is 43.0 Å². The third kappa shape index (κ3) is 4.71. The number of carboxylic acid groups (broad SMARTS) is 1. The molecule has 2 rings (SSSR count). The van der Waals surface area contributed by atoms with Gasteiger partial charge >= 0.3 is 5.97 Å². The molecule has 0 bridgehead atoms. The number of hydrogen-bond donors (Lipinski definition) is 1. The van der Waals surface area contributed by atoms with E-state index in [0.717, 1.165) is 18.7 Å². The van der Waals surface area contributed by atoms with Crippen LogP contribution in [0.25, 0.3) is 6.08 Å². The van der Waals surface area contributed by atoms with Crippen molar-refractivity contribution < 1.29 is 9.90 Å². The number of likely N-dealkylation sites (tertiary alicyclic amines) is 1. The van der Waals surface area contributed by atoms with E-state index in [1.807, 2.05) is 18.2 Å². The van der Waals surface area contributed by atoms with Crippen LogP contribution in [0.15, 0.2) is 30.3 Å². The quantitative estimate of drug-likeness (QED) is 0.806. The first-order chi connectivity index (χ1) is 10.2. The number of nitrogens with zero attached hydrogens (tertiary/aromatic N) is 1. The van der Waals surface area contributed by atoms with Crippen molar-refractivity contribution >= 4 is 12.0 Å². The summed E-state index contributed by atoms with van der Waals surface area (Å²) in [5.41, 5.74) is 2.23. The van der Waals surface area contributed by atoms with Gasteiger partial charge in [-0.3, -0.25) is 4.90 Å². The molecule has 1 atom stereocenters. The van der Waals surface area contributed by atoms with Crippen molar-refractivity contribution in [3.05, 3.63) is 41.5 Å². The van der Waals surface area contributed by atoms with Gasteiger partial charge in [0.05, 0.1) is 0 Å². The van der Waals surface area contributed by atoms with E-state index in [1.165, 1.54) is 43.7 Å². The Balaban J connectivity index is 2.12. The summed E-state index contributed by atoms with van der Waals surface area (Å²) < 4.78 is 0. The van der Waals surface area contributed by atoms with Crippen LogP contribution in [0.1, 0.15) is 50.2 Å².